The molecule has 0 heterocycles. The number of aliphatic hydroxyl groups excluding tert-OH is 1. The van der Waals surface area contributed by atoms with Gasteiger partial charge in [-0.05, 0) is 35.7 Å². The van der Waals surface area contributed by atoms with Gasteiger partial charge < -0.3 is 14.6 Å². The molecule has 0 saturated heterocycles. The van der Waals surface area contributed by atoms with E-state index in [0.717, 1.165) is 24.6 Å². The van der Waals surface area contributed by atoms with Gasteiger partial charge in [0, 0.05) is 19.6 Å². The van der Waals surface area contributed by atoms with Gasteiger partial charge in [-0.25, -0.2) is 0 Å². The van der Waals surface area contributed by atoms with Crippen molar-refractivity contribution in [1.82, 2.24) is 4.90 Å². The Kier molecular flexibility index (Phi) is 7.76. The fraction of sp³-hybridized carbons (Fsp3) is 0.429. The molecule has 0 aliphatic rings. The summed E-state index contributed by atoms with van der Waals surface area (Å²) in [6.07, 6.45) is -0.530. The van der Waals surface area contributed by atoms with E-state index in [9.17, 15) is 5.11 Å². The first-order valence-corrected chi connectivity index (χ1v) is 8.78. The predicted molar refractivity (Wildman–Crippen MR) is 101 cm³/mol. The molecule has 2 rings (SSSR count). The number of ether oxygens (including phenoxy) is 2. The van der Waals surface area contributed by atoms with Gasteiger partial charge in [0.1, 0.15) is 24.2 Å². The second-order valence-corrected chi connectivity index (χ2v) is 6.71. The number of rotatable bonds is 10. The fourth-order valence-corrected chi connectivity index (χ4v) is 2.77. The van der Waals surface area contributed by atoms with E-state index in [1.807, 2.05) is 42.5 Å². The van der Waals surface area contributed by atoms with Crippen molar-refractivity contribution in [2.24, 2.45) is 5.92 Å². The molecular weight excluding hydrogens is 314 g/mol. The van der Waals surface area contributed by atoms with E-state index < -0.39 is 6.10 Å². The Morgan fingerprint density at radius 2 is 1.60 bits per heavy atom. The van der Waals surface area contributed by atoms with Crippen molar-refractivity contribution >= 4 is 0 Å². The number of para-hydroxylation sites is 1. The number of hydrogen-bond donors (Lipinski definition) is 1. The zero-order chi connectivity index (χ0) is 18.1. The molecule has 0 aliphatic carbocycles. The Bertz CT molecular complexity index is 598. The van der Waals surface area contributed by atoms with Gasteiger partial charge >= 0.3 is 0 Å². The van der Waals surface area contributed by atoms with Crippen molar-refractivity contribution in [2.75, 3.05) is 26.8 Å². The standard InChI is InChI=1S/C21H29NO3/c1-17(2)13-22(14-18-9-11-20(24-3)12-10-18)15-19(23)16-25-21-7-5-4-6-8-21/h4-12,17,19,23H,13-16H2,1-3H3. The summed E-state index contributed by atoms with van der Waals surface area (Å²) in [4.78, 5) is 2.27. The van der Waals surface area contributed by atoms with Crippen LogP contribution in [0.4, 0.5) is 0 Å². The molecule has 136 valence electrons. The van der Waals surface area contributed by atoms with Gasteiger partial charge in [-0.15, -0.1) is 0 Å². The highest BCUT2D eigenvalue weighted by molar-refractivity contribution is 5.27. The van der Waals surface area contributed by atoms with Crippen LogP contribution >= 0.6 is 0 Å². The average molecular weight is 343 g/mol. The van der Waals surface area contributed by atoms with Crippen LogP contribution in [0.3, 0.4) is 0 Å². The lowest BCUT2D eigenvalue weighted by molar-refractivity contribution is 0.0615. The Hall–Kier alpha value is -2.04. The number of benzene rings is 2. The molecule has 1 N–H and O–H groups in total. The molecule has 0 saturated carbocycles. The minimum Gasteiger partial charge on any atom is -0.497 e. The Morgan fingerprint density at radius 1 is 0.920 bits per heavy atom. The number of hydrogen-bond acceptors (Lipinski definition) is 4. The first-order valence-electron chi connectivity index (χ1n) is 8.78. The van der Waals surface area contributed by atoms with Crippen molar-refractivity contribution in [3.05, 3.63) is 60.2 Å². The molecule has 0 bridgehead atoms. The SMILES string of the molecule is COc1ccc(CN(CC(C)C)CC(O)COc2ccccc2)cc1. The second-order valence-electron chi connectivity index (χ2n) is 6.71. The van der Waals surface area contributed by atoms with Gasteiger partial charge in [0.25, 0.3) is 0 Å². The smallest absolute Gasteiger partial charge is 0.119 e. The molecule has 1 atom stereocenters. The molecule has 0 aliphatic heterocycles. The molecular formula is C21H29NO3. The largest absolute Gasteiger partial charge is 0.497 e. The van der Waals surface area contributed by atoms with Gasteiger partial charge in [-0.3, -0.25) is 4.90 Å². The Balaban J connectivity index is 1.89. The molecule has 0 fully saturated rings. The summed E-state index contributed by atoms with van der Waals surface area (Å²) in [6.45, 7) is 6.97. The summed E-state index contributed by atoms with van der Waals surface area (Å²) < 4.78 is 10.9. The molecule has 25 heavy (non-hydrogen) atoms. The lowest BCUT2D eigenvalue weighted by Gasteiger charge is -2.27. The summed E-state index contributed by atoms with van der Waals surface area (Å²) in [5, 5.41) is 10.4. The monoisotopic (exact) mass is 343 g/mol. The van der Waals surface area contributed by atoms with Crippen molar-refractivity contribution in [3.63, 3.8) is 0 Å². The van der Waals surface area contributed by atoms with Crippen LogP contribution in [0.5, 0.6) is 11.5 Å². The second kappa shape index (κ2) is 10.1. The van der Waals surface area contributed by atoms with Gasteiger partial charge in [0.2, 0.25) is 0 Å². The van der Waals surface area contributed by atoms with Crippen LogP contribution in [0, 0.1) is 5.92 Å². The molecule has 0 amide bonds. The predicted octanol–water partition coefficient (Wildman–Crippen LogP) is 3.59. The van der Waals surface area contributed by atoms with Crippen LogP contribution in [0.15, 0.2) is 54.6 Å². The number of nitrogens with zero attached hydrogens (tertiary/aromatic N) is 1. The van der Waals surface area contributed by atoms with E-state index in [-0.39, 0.29) is 0 Å². The topological polar surface area (TPSA) is 41.9 Å². The third-order valence-corrected chi connectivity index (χ3v) is 3.84. The molecule has 1 unspecified atom stereocenters. The Morgan fingerprint density at radius 3 is 2.20 bits per heavy atom. The van der Waals surface area contributed by atoms with Crippen LogP contribution in [0.2, 0.25) is 0 Å². The quantitative estimate of drug-likeness (QED) is 0.716. The first-order chi connectivity index (χ1) is 12.1. The van der Waals surface area contributed by atoms with Gasteiger partial charge in [-0.2, -0.15) is 0 Å². The summed E-state index contributed by atoms with van der Waals surface area (Å²) in [6, 6.07) is 17.7. The van der Waals surface area contributed by atoms with Crippen molar-refractivity contribution < 1.29 is 14.6 Å². The molecule has 2 aromatic carbocycles. The zero-order valence-corrected chi connectivity index (χ0v) is 15.4. The van der Waals surface area contributed by atoms with E-state index in [4.69, 9.17) is 9.47 Å². The number of methoxy groups -OCH3 is 1. The van der Waals surface area contributed by atoms with E-state index in [1.54, 1.807) is 7.11 Å². The minimum absolute atomic E-state index is 0.293. The maximum Gasteiger partial charge on any atom is 0.119 e. The average Bonchev–Trinajstić information content (AvgIpc) is 2.61. The van der Waals surface area contributed by atoms with E-state index in [1.165, 1.54) is 5.56 Å². The molecule has 2 aromatic rings. The van der Waals surface area contributed by atoms with Crippen LogP contribution in [-0.4, -0.2) is 42.9 Å². The van der Waals surface area contributed by atoms with Crippen LogP contribution in [0.1, 0.15) is 19.4 Å². The van der Waals surface area contributed by atoms with E-state index >= 15 is 0 Å². The van der Waals surface area contributed by atoms with Gasteiger partial charge in [-0.1, -0.05) is 44.2 Å². The third kappa shape index (κ3) is 7.16. The molecule has 0 radical (unpaired) electrons. The molecule has 0 aromatic heterocycles. The third-order valence-electron chi connectivity index (χ3n) is 3.84. The van der Waals surface area contributed by atoms with E-state index in [2.05, 4.69) is 30.9 Å². The highest BCUT2D eigenvalue weighted by Gasteiger charge is 2.14. The van der Waals surface area contributed by atoms with Gasteiger partial charge in [0.05, 0.1) is 7.11 Å². The summed E-state index contributed by atoms with van der Waals surface area (Å²) in [7, 11) is 1.67. The highest BCUT2D eigenvalue weighted by atomic mass is 16.5. The maximum atomic E-state index is 10.4. The van der Waals surface area contributed by atoms with Crippen molar-refractivity contribution in [2.45, 2.75) is 26.5 Å². The van der Waals surface area contributed by atoms with Crippen LogP contribution in [-0.2, 0) is 6.54 Å². The van der Waals surface area contributed by atoms with Crippen LogP contribution < -0.4 is 9.47 Å². The molecule has 4 nitrogen and oxygen atoms in total. The molecule has 0 spiro atoms. The lowest BCUT2D eigenvalue weighted by atomic mass is 10.1. The fourth-order valence-electron chi connectivity index (χ4n) is 2.77. The van der Waals surface area contributed by atoms with E-state index in [0.29, 0.717) is 19.1 Å². The number of aliphatic hydroxyl groups is 1. The summed E-state index contributed by atoms with van der Waals surface area (Å²) in [5.74, 6) is 2.17. The minimum atomic E-state index is -0.530. The maximum absolute atomic E-state index is 10.4. The van der Waals surface area contributed by atoms with Crippen molar-refractivity contribution in [3.8, 4) is 11.5 Å². The highest BCUT2D eigenvalue weighted by Crippen LogP contribution is 2.15. The summed E-state index contributed by atoms with van der Waals surface area (Å²) >= 11 is 0. The Labute approximate surface area is 151 Å². The lowest BCUT2D eigenvalue weighted by Crippen LogP contribution is -2.37. The van der Waals surface area contributed by atoms with Crippen molar-refractivity contribution in [1.29, 1.82) is 0 Å². The van der Waals surface area contributed by atoms with Crippen LogP contribution in [0.25, 0.3) is 0 Å². The van der Waals surface area contributed by atoms with Gasteiger partial charge in [0.15, 0.2) is 0 Å². The normalized spacial score (nSPS) is 12.4. The zero-order valence-electron chi connectivity index (χ0n) is 15.4. The first kappa shape index (κ1) is 19.3. The molecule has 4 heteroatoms. The summed E-state index contributed by atoms with van der Waals surface area (Å²) in [5.41, 5.74) is 1.21.